The van der Waals surface area contributed by atoms with E-state index >= 15 is 0 Å². The van der Waals surface area contributed by atoms with E-state index in [1.165, 1.54) is 25.8 Å². The van der Waals surface area contributed by atoms with Crippen LogP contribution in [-0.2, 0) is 0 Å². The summed E-state index contributed by atoms with van der Waals surface area (Å²) in [6, 6.07) is 11.8. The average Bonchev–Trinajstić information content (AvgIpc) is 3.11. The standard InChI is InChI=1S/C15H21N/c1-11-7-8-15(16-10-11)14-9-13(14)12-5-3-2-4-6-12/h2-6,11,13-16H,7-10H2,1H3. The molecule has 0 spiro atoms. The van der Waals surface area contributed by atoms with Gasteiger partial charge in [-0.3, -0.25) is 0 Å². The number of rotatable bonds is 2. The van der Waals surface area contributed by atoms with Crippen molar-refractivity contribution in [2.24, 2.45) is 11.8 Å². The summed E-state index contributed by atoms with van der Waals surface area (Å²) in [6.45, 7) is 3.58. The van der Waals surface area contributed by atoms with Crippen molar-refractivity contribution in [2.45, 2.75) is 38.1 Å². The fraction of sp³-hybridized carbons (Fsp3) is 0.600. The SMILES string of the molecule is CC1CCC(C2CC2c2ccccc2)NC1. The van der Waals surface area contributed by atoms with Gasteiger partial charge in [-0.2, -0.15) is 0 Å². The van der Waals surface area contributed by atoms with E-state index in [4.69, 9.17) is 0 Å². The predicted molar refractivity (Wildman–Crippen MR) is 67.5 cm³/mol. The normalized spacial score (nSPS) is 38.3. The van der Waals surface area contributed by atoms with Gasteiger partial charge < -0.3 is 5.32 Å². The van der Waals surface area contributed by atoms with E-state index in [1.807, 2.05) is 0 Å². The van der Waals surface area contributed by atoms with E-state index in [-0.39, 0.29) is 0 Å². The minimum absolute atomic E-state index is 0.793. The summed E-state index contributed by atoms with van der Waals surface area (Å²) in [5.41, 5.74) is 1.55. The van der Waals surface area contributed by atoms with Gasteiger partial charge in [0.2, 0.25) is 0 Å². The number of hydrogen-bond donors (Lipinski definition) is 1. The molecule has 1 aromatic carbocycles. The molecule has 2 fully saturated rings. The molecule has 1 aliphatic carbocycles. The molecule has 4 unspecified atom stereocenters. The Morgan fingerprint density at radius 1 is 1.12 bits per heavy atom. The van der Waals surface area contributed by atoms with Crippen LogP contribution >= 0.6 is 0 Å². The van der Waals surface area contributed by atoms with Crippen LogP contribution in [0.1, 0.15) is 37.7 Å². The Morgan fingerprint density at radius 2 is 1.94 bits per heavy atom. The van der Waals surface area contributed by atoms with Gasteiger partial charge in [-0.25, -0.2) is 0 Å². The summed E-state index contributed by atoms with van der Waals surface area (Å²) in [6.07, 6.45) is 4.20. The molecule has 4 atom stereocenters. The highest BCUT2D eigenvalue weighted by Gasteiger charge is 2.44. The van der Waals surface area contributed by atoms with Crippen LogP contribution in [0.4, 0.5) is 0 Å². The lowest BCUT2D eigenvalue weighted by Crippen LogP contribution is -2.39. The second kappa shape index (κ2) is 4.21. The largest absolute Gasteiger partial charge is 0.313 e. The smallest absolute Gasteiger partial charge is 0.0102 e. The zero-order chi connectivity index (χ0) is 11.0. The van der Waals surface area contributed by atoms with E-state index < -0.39 is 0 Å². The zero-order valence-electron chi connectivity index (χ0n) is 10.0. The van der Waals surface area contributed by atoms with Crippen molar-refractivity contribution in [3.63, 3.8) is 0 Å². The van der Waals surface area contributed by atoms with Crippen LogP contribution in [0, 0.1) is 11.8 Å². The second-order valence-electron chi connectivity index (χ2n) is 5.61. The highest BCUT2D eigenvalue weighted by atomic mass is 14.9. The Hall–Kier alpha value is -0.820. The Balaban J connectivity index is 1.60. The molecular formula is C15H21N. The molecule has 2 aliphatic rings. The van der Waals surface area contributed by atoms with Crippen molar-refractivity contribution in [2.75, 3.05) is 6.54 Å². The molecule has 1 heteroatoms. The summed E-state index contributed by atoms with van der Waals surface area (Å²) >= 11 is 0. The third kappa shape index (κ3) is 2.01. The van der Waals surface area contributed by atoms with Crippen LogP contribution in [0.15, 0.2) is 30.3 Å². The number of benzene rings is 1. The molecule has 1 saturated carbocycles. The molecule has 16 heavy (non-hydrogen) atoms. The van der Waals surface area contributed by atoms with Gasteiger partial charge in [0.1, 0.15) is 0 Å². The predicted octanol–water partition coefficient (Wildman–Crippen LogP) is 3.18. The summed E-state index contributed by atoms with van der Waals surface area (Å²) < 4.78 is 0. The third-order valence-electron chi connectivity index (χ3n) is 4.28. The lowest BCUT2D eigenvalue weighted by molar-refractivity contribution is 0.302. The molecule has 1 heterocycles. The van der Waals surface area contributed by atoms with Gasteiger partial charge in [0.15, 0.2) is 0 Å². The monoisotopic (exact) mass is 215 g/mol. The summed E-state index contributed by atoms with van der Waals surface area (Å²) in [5.74, 6) is 2.63. The fourth-order valence-corrected chi connectivity index (χ4v) is 3.13. The molecule has 1 saturated heterocycles. The van der Waals surface area contributed by atoms with Gasteiger partial charge in [0, 0.05) is 6.04 Å². The van der Waals surface area contributed by atoms with Gasteiger partial charge in [-0.05, 0) is 49.1 Å². The van der Waals surface area contributed by atoms with Crippen molar-refractivity contribution < 1.29 is 0 Å². The summed E-state index contributed by atoms with van der Waals surface area (Å²) in [7, 11) is 0. The first-order valence-corrected chi connectivity index (χ1v) is 6.63. The quantitative estimate of drug-likeness (QED) is 0.799. The van der Waals surface area contributed by atoms with Crippen molar-refractivity contribution in [1.82, 2.24) is 5.32 Å². The van der Waals surface area contributed by atoms with Crippen LogP contribution in [0.2, 0.25) is 0 Å². The highest BCUT2D eigenvalue weighted by molar-refractivity contribution is 5.26. The van der Waals surface area contributed by atoms with E-state index in [9.17, 15) is 0 Å². The molecule has 0 radical (unpaired) electrons. The van der Waals surface area contributed by atoms with Gasteiger partial charge >= 0.3 is 0 Å². The van der Waals surface area contributed by atoms with E-state index in [1.54, 1.807) is 5.56 Å². The first-order valence-electron chi connectivity index (χ1n) is 6.63. The molecule has 1 N–H and O–H groups in total. The molecule has 3 rings (SSSR count). The Bertz CT molecular complexity index is 338. The van der Waals surface area contributed by atoms with E-state index in [0.717, 1.165) is 23.8 Å². The fourth-order valence-electron chi connectivity index (χ4n) is 3.13. The Kier molecular flexibility index (Phi) is 2.72. The molecule has 1 aliphatic heterocycles. The van der Waals surface area contributed by atoms with Gasteiger partial charge in [-0.1, -0.05) is 37.3 Å². The van der Waals surface area contributed by atoms with Gasteiger partial charge in [0.05, 0.1) is 0 Å². The van der Waals surface area contributed by atoms with E-state index in [0.29, 0.717) is 0 Å². The maximum atomic E-state index is 3.73. The van der Waals surface area contributed by atoms with Gasteiger partial charge in [0.25, 0.3) is 0 Å². The molecular weight excluding hydrogens is 194 g/mol. The first kappa shape index (κ1) is 10.3. The number of nitrogens with one attached hydrogen (secondary N) is 1. The van der Waals surface area contributed by atoms with Crippen LogP contribution in [0.25, 0.3) is 0 Å². The molecule has 0 bridgehead atoms. The first-order chi connectivity index (χ1) is 7.84. The maximum absolute atomic E-state index is 3.73. The van der Waals surface area contributed by atoms with Crippen molar-refractivity contribution in [3.8, 4) is 0 Å². The summed E-state index contributed by atoms with van der Waals surface area (Å²) in [4.78, 5) is 0. The molecule has 0 amide bonds. The number of piperidine rings is 1. The molecule has 1 aromatic rings. The van der Waals surface area contributed by atoms with Gasteiger partial charge in [-0.15, -0.1) is 0 Å². The topological polar surface area (TPSA) is 12.0 Å². The summed E-state index contributed by atoms with van der Waals surface area (Å²) in [5, 5.41) is 3.73. The van der Waals surface area contributed by atoms with Crippen LogP contribution < -0.4 is 5.32 Å². The molecule has 86 valence electrons. The van der Waals surface area contributed by atoms with Crippen LogP contribution in [0.5, 0.6) is 0 Å². The van der Waals surface area contributed by atoms with Crippen molar-refractivity contribution in [1.29, 1.82) is 0 Å². The minimum Gasteiger partial charge on any atom is -0.313 e. The lowest BCUT2D eigenvalue weighted by atomic mass is 9.92. The van der Waals surface area contributed by atoms with Crippen LogP contribution in [-0.4, -0.2) is 12.6 Å². The minimum atomic E-state index is 0.793. The van der Waals surface area contributed by atoms with Crippen molar-refractivity contribution >= 4 is 0 Å². The zero-order valence-corrected chi connectivity index (χ0v) is 10.0. The Labute approximate surface area is 98.3 Å². The van der Waals surface area contributed by atoms with E-state index in [2.05, 4.69) is 42.6 Å². The lowest BCUT2D eigenvalue weighted by Gasteiger charge is -2.28. The Morgan fingerprint density at radius 3 is 2.62 bits per heavy atom. The molecule has 0 aromatic heterocycles. The third-order valence-corrected chi connectivity index (χ3v) is 4.28. The molecule has 1 nitrogen and oxygen atoms in total. The maximum Gasteiger partial charge on any atom is 0.0102 e. The van der Waals surface area contributed by atoms with Crippen LogP contribution in [0.3, 0.4) is 0 Å². The average molecular weight is 215 g/mol. The second-order valence-corrected chi connectivity index (χ2v) is 5.61. The van der Waals surface area contributed by atoms with Crippen molar-refractivity contribution in [3.05, 3.63) is 35.9 Å². The number of hydrogen-bond acceptors (Lipinski definition) is 1. The highest BCUT2D eigenvalue weighted by Crippen LogP contribution is 2.50.